The Bertz CT molecular complexity index is 1720. The molecule has 0 bridgehead atoms. The van der Waals surface area contributed by atoms with E-state index in [1.165, 1.54) is 0 Å². The highest BCUT2D eigenvalue weighted by atomic mass is 16.5. The van der Waals surface area contributed by atoms with E-state index in [1.807, 2.05) is 41.3 Å². The second-order valence-electron chi connectivity index (χ2n) is 13.5. The lowest BCUT2D eigenvalue weighted by Gasteiger charge is -2.57. The number of rotatable bonds is 11. The Balaban J connectivity index is 0.908. The third kappa shape index (κ3) is 5.88. The second-order valence-corrected chi connectivity index (χ2v) is 13.5. The van der Waals surface area contributed by atoms with Gasteiger partial charge in [0.25, 0.3) is 5.91 Å². The molecule has 44 heavy (non-hydrogen) atoms. The summed E-state index contributed by atoms with van der Waals surface area (Å²) in [6, 6.07) is 9.86. The summed E-state index contributed by atoms with van der Waals surface area (Å²) < 4.78 is 15.7. The fraction of sp³-hybridized carbons (Fsp3) is 0.455. The minimum absolute atomic E-state index is 0.00490. The van der Waals surface area contributed by atoms with Gasteiger partial charge in [0.15, 0.2) is 0 Å². The summed E-state index contributed by atoms with van der Waals surface area (Å²) in [4.78, 5) is 25.0. The Morgan fingerprint density at radius 2 is 1.86 bits per heavy atom. The summed E-state index contributed by atoms with van der Waals surface area (Å²) in [5.74, 6) is 0.580. The number of ether oxygens (including phenoxy) is 2. The second kappa shape index (κ2) is 10.7. The third-order valence-corrected chi connectivity index (χ3v) is 8.95. The van der Waals surface area contributed by atoms with Crippen molar-refractivity contribution >= 4 is 17.3 Å². The molecule has 1 spiro atoms. The smallest absolute Gasteiger partial charge is 0.252 e. The van der Waals surface area contributed by atoms with Crippen molar-refractivity contribution < 1.29 is 24.2 Å². The maximum atomic E-state index is 12.9. The van der Waals surface area contributed by atoms with Gasteiger partial charge in [0.05, 0.1) is 53.8 Å². The standard InChI is InChI=1S/C33H38N6O5/c1-32(2,42)19-43-25-6-8-28-21(15-36-39(28)18-25)10-30(40)37-23-11-33(12-23)13-26(14-33)44-29-9-20(3-7-27(29)31(34)41)22-16-35-38(17-22)24-4-5-24/h3,6-9,15-18,23-24,26,42H,4-5,10-14,19H2,1-2H3,(H2,34,41)(H,37,40). The van der Waals surface area contributed by atoms with Gasteiger partial charge in [0.1, 0.15) is 18.1 Å². The minimum Gasteiger partial charge on any atom is -0.490 e. The van der Waals surface area contributed by atoms with Crippen LogP contribution in [-0.4, -0.2) is 60.7 Å². The molecule has 7 rings (SSSR count). The van der Waals surface area contributed by atoms with Gasteiger partial charge in [-0.05, 0) is 87.6 Å². The van der Waals surface area contributed by atoms with Crippen LogP contribution in [0.25, 0.3) is 16.6 Å². The molecule has 4 N–H and O–H groups in total. The van der Waals surface area contributed by atoms with Crippen LogP contribution in [0.2, 0.25) is 0 Å². The van der Waals surface area contributed by atoms with Crippen LogP contribution < -0.4 is 20.5 Å². The van der Waals surface area contributed by atoms with E-state index < -0.39 is 11.5 Å². The van der Waals surface area contributed by atoms with E-state index >= 15 is 0 Å². The van der Waals surface area contributed by atoms with Crippen molar-refractivity contribution in [1.82, 2.24) is 24.7 Å². The first-order valence-corrected chi connectivity index (χ1v) is 15.3. The molecular weight excluding hydrogens is 560 g/mol. The average molecular weight is 599 g/mol. The van der Waals surface area contributed by atoms with Crippen molar-refractivity contribution in [1.29, 1.82) is 0 Å². The number of pyridine rings is 1. The number of amides is 2. The molecule has 1 aromatic carbocycles. The quantitative estimate of drug-likeness (QED) is 0.238. The SMILES string of the molecule is CC(C)(O)COc1ccc2c(CC(=O)NC3CC4(C3)CC(Oc3cc(-c5cnn(C6CC6)c5)ccc3C(N)=O)C4)cnn2c1. The number of nitrogens with zero attached hydrogens (tertiary/aromatic N) is 4. The molecule has 3 heterocycles. The van der Waals surface area contributed by atoms with Gasteiger partial charge in [0.2, 0.25) is 5.91 Å². The number of hydrogen-bond donors (Lipinski definition) is 3. The first-order chi connectivity index (χ1) is 21.0. The maximum Gasteiger partial charge on any atom is 0.252 e. The van der Waals surface area contributed by atoms with E-state index in [1.54, 1.807) is 36.8 Å². The van der Waals surface area contributed by atoms with E-state index in [2.05, 4.69) is 15.5 Å². The number of fused-ring (bicyclic) bond motifs is 1. The van der Waals surface area contributed by atoms with E-state index in [0.717, 1.165) is 60.7 Å². The zero-order chi connectivity index (χ0) is 30.6. The molecule has 230 valence electrons. The molecule has 3 aliphatic carbocycles. The molecule has 3 aromatic heterocycles. The van der Waals surface area contributed by atoms with Crippen molar-refractivity contribution in [2.24, 2.45) is 11.1 Å². The summed E-state index contributed by atoms with van der Waals surface area (Å²) in [6.07, 6.45) is 13.5. The predicted molar refractivity (Wildman–Crippen MR) is 162 cm³/mol. The Hall–Kier alpha value is -4.38. The zero-order valence-corrected chi connectivity index (χ0v) is 25.0. The molecule has 11 nitrogen and oxygen atoms in total. The molecule has 3 aliphatic rings. The number of aromatic nitrogens is 4. The summed E-state index contributed by atoms with van der Waals surface area (Å²) in [5, 5.41) is 21.9. The highest BCUT2D eigenvalue weighted by molar-refractivity contribution is 5.96. The van der Waals surface area contributed by atoms with Crippen LogP contribution in [-0.2, 0) is 11.2 Å². The van der Waals surface area contributed by atoms with Gasteiger partial charge in [-0.15, -0.1) is 0 Å². The largest absolute Gasteiger partial charge is 0.490 e. The van der Waals surface area contributed by atoms with Crippen molar-refractivity contribution in [2.45, 2.75) is 82.6 Å². The minimum atomic E-state index is -0.933. The average Bonchev–Trinajstić information content (AvgIpc) is 3.53. The third-order valence-electron chi connectivity index (χ3n) is 8.95. The van der Waals surface area contributed by atoms with Gasteiger partial charge >= 0.3 is 0 Å². The van der Waals surface area contributed by atoms with Crippen molar-refractivity contribution in [3.05, 3.63) is 66.2 Å². The molecule has 0 radical (unpaired) electrons. The molecule has 3 fully saturated rings. The number of primary amides is 1. The van der Waals surface area contributed by atoms with Crippen LogP contribution in [0.1, 0.15) is 74.3 Å². The molecular formula is C33H38N6O5. The van der Waals surface area contributed by atoms with E-state index in [9.17, 15) is 14.7 Å². The first kappa shape index (κ1) is 28.4. The summed E-state index contributed by atoms with van der Waals surface area (Å²) in [6.45, 7) is 3.54. The molecule has 4 aromatic rings. The number of aliphatic hydroxyl groups is 1. The number of nitrogens with one attached hydrogen (secondary N) is 1. The Kier molecular flexibility index (Phi) is 6.88. The van der Waals surface area contributed by atoms with Gasteiger partial charge in [-0.3, -0.25) is 14.3 Å². The van der Waals surface area contributed by atoms with Crippen molar-refractivity contribution in [2.75, 3.05) is 6.61 Å². The maximum absolute atomic E-state index is 12.9. The monoisotopic (exact) mass is 598 g/mol. The number of benzene rings is 1. The highest BCUT2D eigenvalue weighted by Gasteiger charge is 2.54. The van der Waals surface area contributed by atoms with Gasteiger partial charge in [0, 0.05) is 23.4 Å². The molecule has 0 saturated heterocycles. The lowest BCUT2D eigenvalue weighted by Crippen LogP contribution is -2.59. The van der Waals surface area contributed by atoms with E-state index in [4.69, 9.17) is 15.2 Å². The number of carbonyl (C=O) groups is 2. The molecule has 11 heteroatoms. The summed E-state index contributed by atoms with van der Waals surface area (Å²) in [7, 11) is 0. The van der Waals surface area contributed by atoms with Gasteiger partial charge in [-0.1, -0.05) is 6.07 Å². The molecule has 0 atom stereocenters. The Morgan fingerprint density at radius 3 is 2.59 bits per heavy atom. The number of hydrogen-bond acceptors (Lipinski definition) is 7. The van der Waals surface area contributed by atoms with Gasteiger partial charge in [-0.25, -0.2) is 4.52 Å². The van der Waals surface area contributed by atoms with Crippen molar-refractivity contribution in [3.8, 4) is 22.6 Å². The number of carbonyl (C=O) groups excluding carboxylic acids is 2. The van der Waals surface area contributed by atoms with E-state index in [0.29, 0.717) is 23.1 Å². The summed E-state index contributed by atoms with van der Waals surface area (Å²) in [5.41, 5.74) is 8.91. The first-order valence-electron chi connectivity index (χ1n) is 15.3. The van der Waals surface area contributed by atoms with Crippen LogP contribution in [0.5, 0.6) is 11.5 Å². The van der Waals surface area contributed by atoms with Crippen LogP contribution in [0.15, 0.2) is 55.1 Å². The van der Waals surface area contributed by atoms with Crippen LogP contribution in [0, 0.1) is 5.41 Å². The normalized spacial score (nSPS) is 22.8. The molecule has 0 aliphatic heterocycles. The van der Waals surface area contributed by atoms with Gasteiger partial charge in [-0.2, -0.15) is 10.2 Å². The van der Waals surface area contributed by atoms with E-state index in [-0.39, 0.29) is 36.5 Å². The zero-order valence-electron chi connectivity index (χ0n) is 25.0. The highest BCUT2D eigenvalue weighted by Crippen LogP contribution is 2.57. The Morgan fingerprint density at radius 1 is 1.07 bits per heavy atom. The summed E-state index contributed by atoms with van der Waals surface area (Å²) >= 11 is 0. The topological polar surface area (TPSA) is 146 Å². The predicted octanol–water partition coefficient (Wildman–Crippen LogP) is 3.83. The van der Waals surface area contributed by atoms with Gasteiger partial charge < -0.3 is 25.6 Å². The molecule has 3 saturated carbocycles. The molecule has 2 amide bonds. The van der Waals surface area contributed by atoms with Crippen LogP contribution in [0.4, 0.5) is 0 Å². The molecule has 0 unspecified atom stereocenters. The lowest BCUT2D eigenvalue weighted by molar-refractivity contribution is -0.126. The Labute approximate surface area is 255 Å². The van der Waals surface area contributed by atoms with Crippen LogP contribution >= 0.6 is 0 Å². The fourth-order valence-corrected chi connectivity index (χ4v) is 6.57. The number of nitrogens with two attached hydrogens (primary N) is 1. The van der Waals surface area contributed by atoms with Crippen molar-refractivity contribution in [3.63, 3.8) is 0 Å². The fourth-order valence-electron chi connectivity index (χ4n) is 6.57. The lowest BCUT2D eigenvalue weighted by atomic mass is 9.53. The van der Waals surface area contributed by atoms with Crippen LogP contribution in [0.3, 0.4) is 0 Å².